The second-order valence-corrected chi connectivity index (χ2v) is 7.52. The normalized spacial score (nSPS) is 21.5. The molecule has 0 spiro atoms. The maximum Gasteiger partial charge on any atom is 0.243 e. The van der Waals surface area contributed by atoms with E-state index in [0.717, 1.165) is 43.7 Å². The van der Waals surface area contributed by atoms with E-state index in [1.807, 2.05) is 6.92 Å². The molecule has 2 heterocycles. The number of nitrogens with zero attached hydrogens (tertiary/aromatic N) is 1. The smallest absolute Gasteiger partial charge is 0.243 e. The van der Waals surface area contributed by atoms with Gasteiger partial charge in [-0.05, 0) is 43.1 Å². The second kappa shape index (κ2) is 5.94. The molecule has 116 valence electrons. The molecule has 21 heavy (non-hydrogen) atoms. The first-order valence-corrected chi connectivity index (χ1v) is 9.05. The lowest BCUT2D eigenvalue weighted by Gasteiger charge is -2.27. The van der Waals surface area contributed by atoms with Crippen LogP contribution in [0.3, 0.4) is 0 Å². The Morgan fingerprint density at radius 2 is 2.29 bits per heavy atom. The average molecular weight is 310 g/mol. The van der Waals surface area contributed by atoms with Gasteiger partial charge in [0.05, 0.1) is 11.5 Å². The maximum absolute atomic E-state index is 13.0. The summed E-state index contributed by atoms with van der Waals surface area (Å²) >= 11 is 0. The Balaban J connectivity index is 1.93. The monoisotopic (exact) mass is 310 g/mol. The van der Waals surface area contributed by atoms with Crippen molar-refractivity contribution in [2.45, 2.75) is 37.1 Å². The molecule has 0 bridgehead atoms. The first kappa shape index (κ1) is 14.8. The van der Waals surface area contributed by atoms with Gasteiger partial charge in [0, 0.05) is 25.6 Å². The van der Waals surface area contributed by atoms with E-state index in [0.29, 0.717) is 18.0 Å². The molecule has 2 aliphatic rings. The Kier molecular flexibility index (Phi) is 4.19. The van der Waals surface area contributed by atoms with E-state index >= 15 is 0 Å². The summed E-state index contributed by atoms with van der Waals surface area (Å²) in [6.45, 7) is 4.86. The SMILES string of the molecule is CCCN(C1CCNC1)S(=O)(=O)c1ccc2c(c1)CCO2. The van der Waals surface area contributed by atoms with Crippen LogP contribution in [-0.2, 0) is 16.4 Å². The van der Waals surface area contributed by atoms with E-state index in [2.05, 4.69) is 5.32 Å². The highest BCUT2D eigenvalue weighted by Gasteiger charge is 2.33. The van der Waals surface area contributed by atoms with Crippen LogP contribution in [0.25, 0.3) is 0 Å². The Labute approximate surface area is 126 Å². The molecule has 0 amide bonds. The summed E-state index contributed by atoms with van der Waals surface area (Å²) < 4.78 is 33.1. The lowest BCUT2D eigenvalue weighted by Crippen LogP contribution is -2.42. The summed E-state index contributed by atoms with van der Waals surface area (Å²) in [5.41, 5.74) is 0.997. The number of benzene rings is 1. The Bertz CT molecular complexity index is 609. The zero-order chi connectivity index (χ0) is 14.9. The topological polar surface area (TPSA) is 58.6 Å². The highest BCUT2D eigenvalue weighted by Crippen LogP contribution is 2.30. The van der Waals surface area contributed by atoms with Crippen LogP contribution in [0.5, 0.6) is 5.75 Å². The summed E-state index contributed by atoms with van der Waals surface area (Å²) in [5.74, 6) is 0.818. The molecule has 5 nitrogen and oxygen atoms in total. The van der Waals surface area contributed by atoms with Gasteiger partial charge in [-0.2, -0.15) is 4.31 Å². The number of ether oxygens (including phenoxy) is 1. The van der Waals surface area contributed by atoms with Gasteiger partial charge in [0.2, 0.25) is 10.0 Å². The van der Waals surface area contributed by atoms with Gasteiger partial charge in [0.1, 0.15) is 5.75 Å². The zero-order valence-corrected chi connectivity index (χ0v) is 13.2. The van der Waals surface area contributed by atoms with Gasteiger partial charge in [-0.3, -0.25) is 0 Å². The van der Waals surface area contributed by atoms with Gasteiger partial charge < -0.3 is 10.1 Å². The third-order valence-electron chi connectivity index (χ3n) is 4.15. The molecule has 6 heteroatoms. The largest absolute Gasteiger partial charge is 0.493 e. The van der Waals surface area contributed by atoms with E-state index in [4.69, 9.17) is 4.74 Å². The molecule has 0 saturated carbocycles. The van der Waals surface area contributed by atoms with Crippen molar-refractivity contribution in [1.29, 1.82) is 0 Å². The van der Waals surface area contributed by atoms with Crippen molar-refractivity contribution in [2.75, 3.05) is 26.2 Å². The number of hydrogen-bond acceptors (Lipinski definition) is 4. The quantitative estimate of drug-likeness (QED) is 0.893. The first-order valence-electron chi connectivity index (χ1n) is 7.61. The van der Waals surface area contributed by atoms with Crippen LogP contribution in [0.15, 0.2) is 23.1 Å². The molecule has 1 atom stereocenters. The van der Waals surface area contributed by atoms with Gasteiger partial charge in [-0.25, -0.2) is 8.42 Å². The molecule has 1 saturated heterocycles. The van der Waals surface area contributed by atoms with Gasteiger partial charge in [0.15, 0.2) is 0 Å². The van der Waals surface area contributed by atoms with Crippen LogP contribution >= 0.6 is 0 Å². The van der Waals surface area contributed by atoms with Gasteiger partial charge in [0.25, 0.3) is 0 Å². The molecule has 1 N–H and O–H groups in total. The average Bonchev–Trinajstić information content (AvgIpc) is 3.14. The van der Waals surface area contributed by atoms with E-state index in [9.17, 15) is 8.42 Å². The molecule has 3 rings (SSSR count). The van der Waals surface area contributed by atoms with E-state index < -0.39 is 10.0 Å². The minimum absolute atomic E-state index is 0.0689. The van der Waals surface area contributed by atoms with Crippen LogP contribution in [0.2, 0.25) is 0 Å². The fourth-order valence-electron chi connectivity index (χ4n) is 3.06. The molecule has 0 radical (unpaired) electrons. The Morgan fingerprint density at radius 1 is 1.43 bits per heavy atom. The molecular weight excluding hydrogens is 288 g/mol. The molecule has 1 aromatic rings. The number of hydrogen-bond donors (Lipinski definition) is 1. The molecule has 1 aromatic carbocycles. The fraction of sp³-hybridized carbons (Fsp3) is 0.600. The number of rotatable bonds is 5. The minimum atomic E-state index is -3.43. The lowest BCUT2D eigenvalue weighted by molar-refractivity contribution is 0.335. The second-order valence-electron chi connectivity index (χ2n) is 5.63. The van der Waals surface area contributed by atoms with Crippen LogP contribution in [0.4, 0.5) is 0 Å². The van der Waals surface area contributed by atoms with Crippen molar-refractivity contribution in [3.63, 3.8) is 0 Å². The van der Waals surface area contributed by atoms with Gasteiger partial charge in [-0.1, -0.05) is 6.92 Å². The fourth-order valence-corrected chi connectivity index (χ4v) is 4.86. The highest BCUT2D eigenvalue weighted by molar-refractivity contribution is 7.89. The van der Waals surface area contributed by atoms with Crippen LogP contribution in [0.1, 0.15) is 25.3 Å². The van der Waals surface area contributed by atoms with E-state index in [1.54, 1.807) is 22.5 Å². The van der Waals surface area contributed by atoms with Crippen molar-refractivity contribution in [2.24, 2.45) is 0 Å². The predicted octanol–water partition coefficient (Wildman–Crippen LogP) is 1.38. The molecule has 2 aliphatic heterocycles. The standard InChI is InChI=1S/C15H22N2O3S/c1-2-8-17(13-5-7-16-11-13)21(18,19)14-3-4-15-12(10-14)6-9-20-15/h3-4,10,13,16H,2,5-9,11H2,1H3. The van der Waals surface area contributed by atoms with Crippen molar-refractivity contribution in [3.8, 4) is 5.75 Å². The lowest BCUT2D eigenvalue weighted by atomic mass is 10.2. The first-order chi connectivity index (χ1) is 10.1. The van der Waals surface area contributed by atoms with E-state index in [1.165, 1.54) is 0 Å². The van der Waals surface area contributed by atoms with Crippen LogP contribution in [-0.4, -0.2) is 45.0 Å². The van der Waals surface area contributed by atoms with Crippen molar-refractivity contribution in [1.82, 2.24) is 9.62 Å². The highest BCUT2D eigenvalue weighted by atomic mass is 32.2. The zero-order valence-electron chi connectivity index (χ0n) is 12.3. The molecule has 1 unspecified atom stereocenters. The summed E-state index contributed by atoms with van der Waals surface area (Å²) in [5, 5.41) is 3.25. The van der Waals surface area contributed by atoms with Crippen LogP contribution < -0.4 is 10.1 Å². The van der Waals surface area contributed by atoms with Crippen LogP contribution in [0, 0.1) is 0 Å². The van der Waals surface area contributed by atoms with Gasteiger partial charge >= 0.3 is 0 Å². The van der Waals surface area contributed by atoms with Crippen molar-refractivity contribution >= 4 is 10.0 Å². The Hall–Kier alpha value is -1.11. The van der Waals surface area contributed by atoms with Gasteiger partial charge in [-0.15, -0.1) is 0 Å². The third kappa shape index (κ3) is 2.80. The summed E-state index contributed by atoms with van der Waals surface area (Å²) in [7, 11) is -3.43. The summed E-state index contributed by atoms with van der Waals surface area (Å²) in [6, 6.07) is 5.30. The number of sulfonamides is 1. The number of fused-ring (bicyclic) bond motifs is 1. The maximum atomic E-state index is 13.0. The molecule has 0 aromatic heterocycles. The third-order valence-corrected chi connectivity index (χ3v) is 6.10. The van der Waals surface area contributed by atoms with Crippen molar-refractivity contribution < 1.29 is 13.2 Å². The number of nitrogens with one attached hydrogen (secondary N) is 1. The Morgan fingerprint density at radius 3 is 3.00 bits per heavy atom. The molecular formula is C15H22N2O3S. The molecule has 0 aliphatic carbocycles. The summed E-state index contributed by atoms with van der Waals surface area (Å²) in [6.07, 6.45) is 2.49. The summed E-state index contributed by atoms with van der Waals surface area (Å²) in [4.78, 5) is 0.395. The van der Waals surface area contributed by atoms with E-state index in [-0.39, 0.29) is 6.04 Å². The predicted molar refractivity (Wildman–Crippen MR) is 81.1 cm³/mol. The molecule has 1 fully saturated rings. The minimum Gasteiger partial charge on any atom is -0.493 e. The van der Waals surface area contributed by atoms with Crippen molar-refractivity contribution in [3.05, 3.63) is 23.8 Å².